The Morgan fingerprint density at radius 2 is 2.23 bits per heavy atom. The number of aromatic nitrogens is 4. The summed E-state index contributed by atoms with van der Waals surface area (Å²) in [6, 6.07) is 9.29. The van der Waals surface area contributed by atoms with Crippen LogP contribution in [-0.2, 0) is 19.6 Å². The van der Waals surface area contributed by atoms with Gasteiger partial charge >= 0.3 is 0 Å². The van der Waals surface area contributed by atoms with Crippen LogP contribution in [0.25, 0.3) is 11.3 Å². The number of methoxy groups -OCH3 is 1. The molecule has 0 atom stereocenters. The number of carbonyl (C=O) groups is 1. The molecule has 1 amide bonds. The van der Waals surface area contributed by atoms with Crippen molar-refractivity contribution in [2.75, 3.05) is 13.7 Å². The van der Waals surface area contributed by atoms with Crippen molar-refractivity contribution in [2.45, 2.75) is 19.6 Å². The zero-order chi connectivity index (χ0) is 18.1. The second kappa shape index (κ2) is 6.64. The van der Waals surface area contributed by atoms with Crippen molar-refractivity contribution in [3.05, 3.63) is 53.5 Å². The van der Waals surface area contributed by atoms with E-state index in [9.17, 15) is 4.79 Å². The first kappa shape index (κ1) is 16.3. The van der Waals surface area contributed by atoms with Crippen LogP contribution in [0.2, 0.25) is 0 Å². The minimum atomic E-state index is -0.113. The van der Waals surface area contributed by atoms with Gasteiger partial charge in [-0.15, -0.1) is 0 Å². The quantitative estimate of drug-likeness (QED) is 0.723. The van der Waals surface area contributed by atoms with Crippen LogP contribution in [0.1, 0.15) is 21.7 Å². The molecule has 0 radical (unpaired) electrons. The average molecular weight is 353 g/mol. The summed E-state index contributed by atoms with van der Waals surface area (Å²) in [5, 5.41) is 20.4. The van der Waals surface area contributed by atoms with Gasteiger partial charge in [-0.1, -0.05) is 12.1 Å². The van der Waals surface area contributed by atoms with E-state index in [-0.39, 0.29) is 12.5 Å². The zero-order valence-corrected chi connectivity index (χ0v) is 14.3. The number of nitrogens with zero attached hydrogens (tertiary/aromatic N) is 4. The Morgan fingerprint density at radius 1 is 1.35 bits per heavy atom. The molecule has 0 saturated carbocycles. The number of aromatic amines is 1. The third kappa shape index (κ3) is 2.84. The van der Waals surface area contributed by atoms with Gasteiger partial charge < -0.3 is 14.7 Å². The largest absolute Gasteiger partial charge is 0.497 e. The smallest absolute Gasteiger partial charge is 0.272 e. The predicted octanol–water partition coefficient (Wildman–Crippen LogP) is 1.43. The molecule has 0 aliphatic carbocycles. The summed E-state index contributed by atoms with van der Waals surface area (Å²) in [6.07, 6.45) is 1.76. The van der Waals surface area contributed by atoms with Gasteiger partial charge in [0.25, 0.3) is 5.91 Å². The van der Waals surface area contributed by atoms with Crippen molar-refractivity contribution >= 4 is 5.91 Å². The fourth-order valence-electron chi connectivity index (χ4n) is 3.17. The van der Waals surface area contributed by atoms with Crippen LogP contribution >= 0.6 is 0 Å². The number of H-pyrrole nitrogens is 1. The molecule has 0 fully saturated rings. The van der Waals surface area contributed by atoms with E-state index in [0.29, 0.717) is 31.0 Å². The van der Waals surface area contributed by atoms with Crippen molar-refractivity contribution in [1.29, 1.82) is 0 Å². The molecule has 8 nitrogen and oxygen atoms in total. The van der Waals surface area contributed by atoms with E-state index in [1.54, 1.807) is 29.0 Å². The first-order valence-corrected chi connectivity index (χ1v) is 8.33. The summed E-state index contributed by atoms with van der Waals surface area (Å²) in [6.45, 7) is 1.43. The number of aliphatic hydroxyl groups is 1. The van der Waals surface area contributed by atoms with Gasteiger partial charge in [-0.3, -0.25) is 14.6 Å². The summed E-state index contributed by atoms with van der Waals surface area (Å²) in [5.74, 6) is 0.625. The third-order valence-corrected chi connectivity index (χ3v) is 4.51. The fourth-order valence-corrected chi connectivity index (χ4v) is 3.17. The summed E-state index contributed by atoms with van der Waals surface area (Å²) >= 11 is 0. The summed E-state index contributed by atoms with van der Waals surface area (Å²) in [4.78, 5) is 14.5. The lowest BCUT2D eigenvalue weighted by Crippen LogP contribution is -2.26. The standard InChI is InChI=1S/C18H19N5O3/c1-26-14-4-2-3-12(7-14)15-8-16(21-20-15)18(25)22-10-13-9-19-23(5-6-24)17(13)11-22/h2-4,7-9,24H,5-6,10-11H2,1H3,(H,20,21). The monoisotopic (exact) mass is 353 g/mol. The fraction of sp³-hybridized carbons (Fsp3) is 0.278. The van der Waals surface area contributed by atoms with Crippen LogP contribution in [-0.4, -0.2) is 49.6 Å². The first-order valence-electron chi connectivity index (χ1n) is 8.33. The lowest BCUT2D eigenvalue weighted by atomic mass is 10.1. The Morgan fingerprint density at radius 3 is 3.04 bits per heavy atom. The number of ether oxygens (including phenoxy) is 1. The number of hydrogen-bond acceptors (Lipinski definition) is 5. The lowest BCUT2D eigenvalue weighted by molar-refractivity contribution is 0.0741. The number of aliphatic hydroxyl groups excluding tert-OH is 1. The van der Waals surface area contributed by atoms with E-state index in [1.165, 1.54) is 0 Å². The Balaban J connectivity index is 1.52. The number of benzene rings is 1. The van der Waals surface area contributed by atoms with Gasteiger partial charge in [-0.05, 0) is 18.2 Å². The SMILES string of the molecule is COc1cccc(-c2cc(C(=O)N3Cc4cnn(CCO)c4C3)[nH]n2)c1. The molecule has 0 bridgehead atoms. The van der Waals surface area contributed by atoms with E-state index in [2.05, 4.69) is 15.3 Å². The van der Waals surface area contributed by atoms with Crippen molar-refractivity contribution in [2.24, 2.45) is 0 Å². The van der Waals surface area contributed by atoms with E-state index < -0.39 is 0 Å². The molecule has 2 aromatic heterocycles. The average Bonchev–Trinajstić information content (AvgIpc) is 3.38. The van der Waals surface area contributed by atoms with Gasteiger partial charge in [0.15, 0.2) is 0 Å². The molecule has 0 saturated heterocycles. The van der Waals surface area contributed by atoms with E-state index >= 15 is 0 Å². The summed E-state index contributed by atoms with van der Waals surface area (Å²) < 4.78 is 6.98. The topological polar surface area (TPSA) is 96.3 Å². The highest BCUT2D eigenvalue weighted by Gasteiger charge is 2.28. The molecular formula is C18H19N5O3. The number of hydrogen-bond donors (Lipinski definition) is 2. The van der Waals surface area contributed by atoms with E-state index in [0.717, 1.165) is 22.6 Å². The molecule has 0 spiro atoms. The molecule has 134 valence electrons. The molecule has 2 N–H and O–H groups in total. The van der Waals surface area contributed by atoms with Gasteiger partial charge in [0, 0.05) is 17.7 Å². The van der Waals surface area contributed by atoms with Crippen molar-refractivity contribution < 1.29 is 14.6 Å². The normalized spacial score (nSPS) is 13.1. The van der Waals surface area contributed by atoms with Gasteiger partial charge in [-0.25, -0.2) is 0 Å². The number of nitrogens with one attached hydrogen (secondary N) is 1. The van der Waals surface area contributed by atoms with Crippen LogP contribution in [0.4, 0.5) is 0 Å². The highest BCUT2D eigenvalue weighted by Crippen LogP contribution is 2.26. The van der Waals surface area contributed by atoms with Gasteiger partial charge in [0.05, 0.1) is 44.4 Å². The molecular weight excluding hydrogens is 334 g/mol. The maximum Gasteiger partial charge on any atom is 0.272 e. The molecule has 26 heavy (non-hydrogen) atoms. The van der Waals surface area contributed by atoms with E-state index in [4.69, 9.17) is 9.84 Å². The van der Waals surface area contributed by atoms with Crippen LogP contribution in [0.5, 0.6) is 5.75 Å². The zero-order valence-electron chi connectivity index (χ0n) is 14.3. The molecule has 8 heteroatoms. The van der Waals surface area contributed by atoms with E-state index in [1.807, 2.05) is 24.3 Å². The van der Waals surface area contributed by atoms with Gasteiger partial charge in [0.2, 0.25) is 0 Å². The molecule has 1 aliphatic heterocycles. The summed E-state index contributed by atoms with van der Waals surface area (Å²) in [5.41, 5.74) is 3.99. The van der Waals surface area contributed by atoms with Crippen LogP contribution in [0, 0.1) is 0 Å². The van der Waals surface area contributed by atoms with Crippen molar-refractivity contribution in [1.82, 2.24) is 24.9 Å². The van der Waals surface area contributed by atoms with Crippen molar-refractivity contribution in [3.63, 3.8) is 0 Å². The Hall–Kier alpha value is -3.13. The third-order valence-electron chi connectivity index (χ3n) is 4.51. The lowest BCUT2D eigenvalue weighted by Gasteiger charge is -2.14. The van der Waals surface area contributed by atoms with Gasteiger partial charge in [-0.2, -0.15) is 10.2 Å². The number of carbonyl (C=O) groups excluding carboxylic acids is 1. The van der Waals surface area contributed by atoms with Crippen LogP contribution in [0.15, 0.2) is 36.5 Å². The minimum absolute atomic E-state index is 0.0204. The summed E-state index contributed by atoms with van der Waals surface area (Å²) in [7, 11) is 1.61. The first-order chi connectivity index (χ1) is 12.7. The number of amides is 1. The van der Waals surface area contributed by atoms with Crippen LogP contribution in [0.3, 0.4) is 0 Å². The molecule has 0 unspecified atom stereocenters. The number of fused-ring (bicyclic) bond motifs is 1. The Labute approximate surface area is 150 Å². The second-order valence-electron chi connectivity index (χ2n) is 6.12. The predicted molar refractivity (Wildman–Crippen MR) is 93.5 cm³/mol. The molecule has 3 aromatic rings. The maximum atomic E-state index is 12.8. The molecule has 1 aliphatic rings. The second-order valence-corrected chi connectivity index (χ2v) is 6.12. The Bertz CT molecular complexity index is 946. The molecule has 3 heterocycles. The number of rotatable bonds is 5. The Kier molecular flexibility index (Phi) is 4.18. The minimum Gasteiger partial charge on any atom is -0.497 e. The molecule has 1 aromatic carbocycles. The molecule has 4 rings (SSSR count). The van der Waals surface area contributed by atoms with Gasteiger partial charge in [0.1, 0.15) is 11.4 Å². The van der Waals surface area contributed by atoms with Crippen molar-refractivity contribution in [3.8, 4) is 17.0 Å². The highest BCUT2D eigenvalue weighted by molar-refractivity contribution is 5.93. The maximum absolute atomic E-state index is 12.8. The van der Waals surface area contributed by atoms with Crippen LogP contribution < -0.4 is 4.74 Å². The highest BCUT2D eigenvalue weighted by atomic mass is 16.5.